The van der Waals surface area contributed by atoms with Crippen molar-refractivity contribution in [2.45, 2.75) is 16.3 Å². The number of fused-ring (bicyclic) bond motifs is 2. The molecule has 1 aliphatic heterocycles. The van der Waals surface area contributed by atoms with E-state index in [9.17, 15) is 18.0 Å². The van der Waals surface area contributed by atoms with E-state index in [0.29, 0.717) is 16.5 Å². The lowest BCUT2D eigenvalue weighted by atomic mass is 10.1. The van der Waals surface area contributed by atoms with Gasteiger partial charge in [0.2, 0.25) is 9.84 Å². The molecular formula is C24H18N4O5S2. The average Bonchev–Trinajstić information content (AvgIpc) is 3.33. The first-order valence-corrected chi connectivity index (χ1v) is 12.7. The van der Waals surface area contributed by atoms with Crippen molar-refractivity contribution in [2.24, 2.45) is 0 Å². The van der Waals surface area contributed by atoms with Crippen molar-refractivity contribution < 1.29 is 22.7 Å². The van der Waals surface area contributed by atoms with Crippen LogP contribution in [0.1, 0.15) is 25.6 Å². The van der Waals surface area contributed by atoms with Gasteiger partial charge in [0.15, 0.2) is 0 Å². The fraction of sp³-hybridized carbons (Fsp3) is 0.0833. The van der Waals surface area contributed by atoms with Crippen LogP contribution in [-0.4, -0.2) is 37.3 Å². The summed E-state index contributed by atoms with van der Waals surface area (Å²) in [6, 6.07) is 13.6. The first-order chi connectivity index (χ1) is 16.9. The number of sulfone groups is 1. The lowest BCUT2D eigenvalue weighted by molar-refractivity contribution is 0.0949. The quantitative estimate of drug-likeness (QED) is 0.424. The molecule has 1 aliphatic rings. The zero-order valence-electron chi connectivity index (χ0n) is 18.3. The van der Waals surface area contributed by atoms with Crippen LogP contribution in [-0.2, 0) is 16.4 Å². The van der Waals surface area contributed by atoms with Gasteiger partial charge >= 0.3 is 0 Å². The third-order valence-electron chi connectivity index (χ3n) is 5.36. The predicted molar refractivity (Wildman–Crippen MR) is 129 cm³/mol. The highest BCUT2D eigenvalue weighted by molar-refractivity contribution is 7.91. The van der Waals surface area contributed by atoms with Crippen LogP contribution in [0.3, 0.4) is 0 Å². The van der Waals surface area contributed by atoms with Gasteiger partial charge in [-0.15, -0.1) is 11.3 Å². The van der Waals surface area contributed by atoms with E-state index in [1.807, 2.05) is 0 Å². The molecule has 0 saturated heterocycles. The topological polar surface area (TPSA) is 127 Å². The summed E-state index contributed by atoms with van der Waals surface area (Å²) in [7, 11) is -2.36. The van der Waals surface area contributed by atoms with E-state index in [-0.39, 0.29) is 33.2 Å². The Hall–Kier alpha value is -4.09. The summed E-state index contributed by atoms with van der Waals surface area (Å²) in [6.45, 7) is 0.216. The number of nitrogens with zero attached hydrogens (tertiary/aromatic N) is 2. The van der Waals surface area contributed by atoms with Gasteiger partial charge < -0.3 is 15.4 Å². The van der Waals surface area contributed by atoms with Gasteiger partial charge in [0.25, 0.3) is 11.8 Å². The summed E-state index contributed by atoms with van der Waals surface area (Å²) >= 11 is 1.38. The molecule has 4 aromatic rings. The molecule has 0 aliphatic carbocycles. The second-order valence-corrected chi connectivity index (χ2v) is 10.6. The number of anilines is 1. The van der Waals surface area contributed by atoms with E-state index < -0.39 is 21.7 Å². The van der Waals surface area contributed by atoms with Crippen LogP contribution < -0.4 is 15.4 Å². The molecule has 9 nitrogen and oxygen atoms in total. The van der Waals surface area contributed by atoms with Gasteiger partial charge in [0.1, 0.15) is 16.5 Å². The number of benzene rings is 2. The fourth-order valence-corrected chi connectivity index (χ4v) is 6.04. The van der Waals surface area contributed by atoms with Crippen LogP contribution in [0.2, 0.25) is 0 Å². The number of carbonyl (C=O) groups excluding carboxylic acids is 2. The van der Waals surface area contributed by atoms with Crippen molar-refractivity contribution in [3.63, 3.8) is 0 Å². The minimum Gasteiger partial charge on any atom is -0.497 e. The van der Waals surface area contributed by atoms with Crippen molar-refractivity contribution in [1.29, 1.82) is 0 Å². The Morgan fingerprint density at radius 2 is 1.91 bits per heavy atom. The first kappa shape index (κ1) is 22.7. The largest absolute Gasteiger partial charge is 0.497 e. The first-order valence-electron chi connectivity index (χ1n) is 10.4. The molecule has 35 heavy (non-hydrogen) atoms. The Morgan fingerprint density at radius 1 is 1.09 bits per heavy atom. The molecule has 0 bridgehead atoms. The molecule has 176 valence electrons. The van der Waals surface area contributed by atoms with Gasteiger partial charge in [0, 0.05) is 28.9 Å². The van der Waals surface area contributed by atoms with Crippen LogP contribution in [0, 0.1) is 0 Å². The van der Waals surface area contributed by atoms with Gasteiger partial charge in [-0.2, -0.15) is 0 Å². The Labute approximate surface area is 204 Å². The van der Waals surface area contributed by atoms with E-state index in [4.69, 9.17) is 4.74 Å². The Balaban J connectivity index is 1.34. The molecule has 2 amide bonds. The molecule has 2 N–H and O–H groups in total. The molecule has 2 aromatic carbocycles. The van der Waals surface area contributed by atoms with Crippen molar-refractivity contribution in [3.8, 4) is 16.5 Å². The normalized spacial score (nSPS) is 13.7. The summed E-state index contributed by atoms with van der Waals surface area (Å²) < 4.78 is 31.4. The minimum absolute atomic E-state index is 0.0567. The van der Waals surface area contributed by atoms with Gasteiger partial charge in [0.05, 0.1) is 34.7 Å². The maximum absolute atomic E-state index is 13.1. The number of nitrogens with one attached hydrogen (secondary N) is 2. The molecule has 0 unspecified atom stereocenters. The molecule has 2 aromatic heterocycles. The van der Waals surface area contributed by atoms with Crippen molar-refractivity contribution in [3.05, 3.63) is 83.0 Å². The van der Waals surface area contributed by atoms with Gasteiger partial charge in [-0.3, -0.25) is 14.6 Å². The predicted octanol–water partition coefficient (Wildman–Crippen LogP) is 3.54. The van der Waals surface area contributed by atoms with Crippen LogP contribution >= 0.6 is 11.3 Å². The van der Waals surface area contributed by atoms with Gasteiger partial charge in [-0.25, -0.2) is 13.4 Å². The highest BCUT2D eigenvalue weighted by Crippen LogP contribution is 2.34. The standard InChI is InChI=1S/C24H18N4O5S2/c1-33-15-8-9-25-19(11-15)24-27-13-16(34-24)12-26-22(29)14-6-7-21-18(10-14)28-23(30)17-4-2-3-5-20(17)35(21,31)32/h2-11,13H,12H2,1H3,(H,26,29)(H,28,30). The number of hydrogen-bond donors (Lipinski definition) is 2. The van der Waals surface area contributed by atoms with Gasteiger partial charge in [-0.1, -0.05) is 12.1 Å². The van der Waals surface area contributed by atoms with E-state index in [1.54, 1.807) is 43.8 Å². The number of aromatic nitrogens is 2. The number of pyridine rings is 1. The molecule has 0 fully saturated rings. The molecule has 0 radical (unpaired) electrons. The van der Waals surface area contributed by atoms with Crippen LogP contribution in [0.25, 0.3) is 10.7 Å². The second kappa shape index (κ2) is 8.93. The third kappa shape index (κ3) is 4.27. The highest BCUT2D eigenvalue weighted by Gasteiger charge is 2.31. The number of rotatable bonds is 5. The summed E-state index contributed by atoms with van der Waals surface area (Å²) in [6.07, 6.45) is 3.29. The number of hydrogen-bond acceptors (Lipinski definition) is 8. The zero-order valence-corrected chi connectivity index (χ0v) is 19.9. The number of amides is 2. The number of ether oxygens (including phenoxy) is 1. The smallest absolute Gasteiger partial charge is 0.257 e. The van der Waals surface area contributed by atoms with Crippen molar-refractivity contribution in [2.75, 3.05) is 12.4 Å². The van der Waals surface area contributed by atoms with Crippen LogP contribution in [0.5, 0.6) is 5.75 Å². The molecule has 3 heterocycles. The SMILES string of the molecule is COc1ccnc(-c2ncc(CNC(=O)c3ccc4c(c3)NC(=O)c3ccccc3S4(=O)=O)s2)c1. The Bertz CT molecular complexity index is 1580. The van der Waals surface area contributed by atoms with Crippen molar-refractivity contribution in [1.82, 2.24) is 15.3 Å². The average molecular weight is 507 g/mol. The minimum atomic E-state index is -3.93. The summed E-state index contributed by atoms with van der Waals surface area (Å²) in [4.78, 5) is 34.7. The van der Waals surface area contributed by atoms with E-state index in [0.717, 1.165) is 4.88 Å². The van der Waals surface area contributed by atoms with Crippen LogP contribution in [0.15, 0.2) is 76.8 Å². The molecule has 0 saturated carbocycles. The van der Waals surface area contributed by atoms with E-state index >= 15 is 0 Å². The van der Waals surface area contributed by atoms with Crippen LogP contribution in [0.4, 0.5) is 5.69 Å². The molecule has 0 spiro atoms. The molecule has 11 heteroatoms. The monoisotopic (exact) mass is 506 g/mol. The highest BCUT2D eigenvalue weighted by atomic mass is 32.2. The van der Waals surface area contributed by atoms with Gasteiger partial charge in [-0.05, 0) is 36.4 Å². The lowest BCUT2D eigenvalue weighted by Crippen LogP contribution is -2.22. The Kier molecular flexibility index (Phi) is 5.79. The number of thiazole rings is 1. The number of carbonyl (C=O) groups is 2. The zero-order chi connectivity index (χ0) is 24.6. The summed E-state index contributed by atoms with van der Waals surface area (Å²) in [5.41, 5.74) is 0.990. The lowest BCUT2D eigenvalue weighted by Gasteiger charge is -2.10. The molecule has 5 rings (SSSR count). The maximum Gasteiger partial charge on any atom is 0.257 e. The van der Waals surface area contributed by atoms with Crippen molar-refractivity contribution >= 4 is 38.7 Å². The molecule has 0 atom stereocenters. The summed E-state index contributed by atoms with van der Waals surface area (Å²) in [5, 5.41) is 6.09. The van der Waals surface area contributed by atoms with E-state index in [1.165, 1.54) is 41.7 Å². The maximum atomic E-state index is 13.1. The molecular weight excluding hydrogens is 488 g/mol. The third-order valence-corrected chi connectivity index (χ3v) is 8.25. The summed E-state index contributed by atoms with van der Waals surface area (Å²) in [5.74, 6) is -0.306. The second-order valence-electron chi connectivity index (χ2n) is 7.56. The number of methoxy groups -OCH3 is 1. The van der Waals surface area contributed by atoms with E-state index in [2.05, 4.69) is 20.6 Å². The Morgan fingerprint density at radius 3 is 2.74 bits per heavy atom. The fourth-order valence-electron chi connectivity index (χ4n) is 3.63.